The fraction of sp³-hybridized carbons (Fsp3) is 0.400. The summed E-state index contributed by atoms with van der Waals surface area (Å²) in [5.74, 6) is 1.04. The summed E-state index contributed by atoms with van der Waals surface area (Å²) in [6, 6.07) is 5.95. The highest BCUT2D eigenvalue weighted by atomic mass is 79.9. The molecule has 20 heavy (non-hydrogen) atoms. The van der Waals surface area contributed by atoms with E-state index in [1.165, 1.54) is 0 Å². The summed E-state index contributed by atoms with van der Waals surface area (Å²) in [6.07, 6.45) is 4.98. The molecule has 0 saturated heterocycles. The van der Waals surface area contributed by atoms with Crippen LogP contribution in [0, 0.1) is 0 Å². The Morgan fingerprint density at radius 3 is 2.85 bits per heavy atom. The van der Waals surface area contributed by atoms with Crippen LogP contribution in [-0.4, -0.2) is 16.1 Å². The molecule has 1 atom stereocenters. The lowest BCUT2D eigenvalue weighted by Crippen LogP contribution is -2.25. The average Bonchev–Trinajstić information content (AvgIpc) is 2.85. The van der Waals surface area contributed by atoms with Crippen LogP contribution < -0.4 is 5.32 Å². The van der Waals surface area contributed by atoms with Crippen molar-refractivity contribution in [2.24, 2.45) is 0 Å². The van der Waals surface area contributed by atoms with Crippen LogP contribution in [0.15, 0.2) is 35.1 Å². The number of hydrogen-bond acceptors (Lipinski definition) is 2. The molecule has 0 aliphatic rings. The molecule has 1 heterocycles. The van der Waals surface area contributed by atoms with Crippen LogP contribution in [0.5, 0.6) is 0 Å². The van der Waals surface area contributed by atoms with Crippen LogP contribution in [0.1, 0.15) is 37.7 Å². The molecule has 0 saturated carbocycles. The van der Waals surface area contributed by atoms with Crippen molar-refractivity contribution < 1.29 is 0 Å². The van der Waals surface area contributed by atoms with E-state index in [0.717, 1.165) is 40.4 Å². The summed E-state index contributed by atoms with van der Waals surface area (Å²) in [5.41, 5.74) is 1.15. The predicted octanol–water partition coefficient (Wildman–Crippen LogP) is 4.41. The van der Waals surface area contributed by atoms with Crippen molar-refractivity contribution in [3.63, 3.8) is 0 Å². The molecule has 3 nitrogen and oxygen atoms in total. The highest BCUT2D eigenvalue weighted by Crippen LogP contribution is 2.30. The predicted molar refractivity (Wildman–Crippen MR) is 87.2 cm³/mol. The first-order chi connectivity index (χ1) is 9.67. The third kappa shape index (κ3) is 3.43. The molecule has 1 aromatic heterocycles. The van der Waals surface area contributed by atoms with Crippen LogP contribution in [0.2, 0.25) is 5.02 Å². The largest absolute Gasteiger partial charge is 0.333 e. The van der Waals surface area contributed by atoms with Gasteiger partial charge in [-0.1, -0.05) is 47.4 Å². The maximum atomic E-state index is 6.03. The number of nitrogens with one attached hydrogen (secondary N) is 1. The van der Waals surface area contributed by atoms with Gasteiger partial charge in [-0.05, 0) is 30.7 Å². The Balaban J connectivity index is 2.42. The first-order valence-corrected chi connectivity index (χ1v) is 8.03. The summed E-state index contributed by atoms with van der Waals surface area (Å²) < 4.78 is 3.20. The summed E-state index contributed by atoms with van der Waals surface area (Å²) in [4.78, 5) is 4.54. The van der Waals surface area contributed by atoms with Crippen molar-refractivity contribution in [2.45, 2.75) is 32.9 Å². The van der Waals surface area contributed by atoms with Crippen molar-refractivity contribution in [1.29, 1.82) is 0 Å². The molecule has 0 spiro atoms. The molecule has 0 aliphatic heterocycles. The van der Waals surface area contributed by atoms with Crippen molar-refractivity contribution >= 4 is 27.5 Å². The van der Waals surface area contributed by atoms with Gasteiger partial charge in [0, 0.05) is 28.4 Å². The van der Waals surface area contributed by atoms with Crippen LogP contribution in [0.25, 0.3) is 0 Å². The van der Waals surface area contributed by atoms with E-state index in [-0.39, 0.29) is 6.04 Å². The van der Waals surface area contributed by atoms with Gasteiger partial charge in [-0.15, -0.1) is 0 Å². The van der Waals surface area contributed by atoms with Gasteiger partial charge < -0.3 is 9.88 Å². The standard InChI is InChI=1S/C15H19BrClN3/c1-3-8-20-9-7-19-15(20)14(18-4-2)12-6-5-11(17)10-13(12)16/h5-7,9-10,14,18H,3-4,8H2,1-2H3. The lowest BCUT2D eigenvalue weighted by Gasteiger charge is -2.20. The van der Waals surface area contributed by atoms with Crippen LogP contribution in [-0.2, 0) is 6.54 Å². The van der Waals surface area contributed by atoms with Crippen LogP contribution >= 0.6 is 27.5 Å². The maximum Gasteiger partial charge on any atom is 0.130 e. The van der Waals surface area contributed by atoms with E-state index in [9.17, 15) is 0 Å². The van der Waals surface area contributed by atoms with Crippen LogP contribution in [0.4, 0.5) is 0 Å². The normalized spacial score (nSPS) is 12.6. The fourth-order valence-electron chi connectivity index (χ4n) is 2.29. The van der Waals surface area contributed by atoms with E-state index < -0.39 is 0 Å². The topological polar surface area (TPSA) is 29.9 Å². The Morgan fingerprint density at radius 1 is 1.40 bits per heavy atom. The number of nitrogens with zero attached hydrogens (tertiary/aromatic N) is 2. The summed E-state index contributed by atoms with van der Waals surface area (Å²) in [7, 11) is 0. The van der Waals surface area contributed by atoms with Crippen molar-refractivity contribution in [1.82, 2.24) is 14.9 Å². The van der Waals surface area contributed by atoms with Gasteiger partial charge in [0.15, 0.2) is 0 Å². The molecule has 0 radical (unpaired) electrons. The zero-order valence-corrected chi connectivity index (χ0v) is 14.1. The minimum absolute atomic E-state index is 0.0631. The highest BCUT2D eigenvalue weighted by molar-refractivity contribution is 9.10. The van der Waals surface area contributed by atoms with Gasteiger partial charge in [0.25, 0.3) is 0 Å². The Bertz CT molecular complexity index is 568. The molecule has 0 amide bonds. The monoisotopic (exact) mass is 355 g/mol. The molecule has 108 valence electrons. The third-order valence-electron chi connectivity index (χ3n) is 3.15. The fourth-order valence-corrected chi connectivity index (χ4v) is 3.20. The molecular weight excluding hydrogens is 338 g/mol. The van der Waals surface area contributed by atoms with E-state index in [4.69, 9.17) is 11.6 Å². The first kappa shape index (κ1) is 15.5. The minimum atomic E-state index is 0.0631. The number of hydrogen-bond donors (Lipinski definition) is 1. The Morgan fingerprint density at radius 2 is 2.20 bits per heavy atom. The van der Waals surface area contributed by atoms with Gasteiger partial charge in [-0.25, -0.2) is 4.98 Å². The molecule has 0 bridgehead atoms. The highest BCUT2D eigenvalue weighted by Gasteiger charge is 2.20. The number of aromatic nitrogens is 2. The van der Waals surface area contributed by atoms with E-state index >= 15 is 0 Å². The zero-order valence-electron chi connectivity index (χ0n) is 11.7. The second-order valence-corrected chi connectivity index (χ2v) is 5.93. The minimum Gasteiger partial charge on any atom is -0.333 e. The number of rotatable bonds is 6. The second-order valence-electron chi connectivity index (χ2n) is 4.64. The van der Waals surface area contributed by atoms with E-state index in [1.54, 1.807) is 0 Å². The number of imidazole rings is 1. The van der Waals surface area contributed by atoms with Gasteiger partial charge in [0.1, 0.15) is 5.82 Å². The molecular formula is C15H19BrClN3. The molecule has 0 fully saturated rings. The number of halogens is 2. The molecule has 2 aromatic rings. The van der Waals surface area contributed by atoms with Crippen molar-refractivity contribution in [3.8, 4) is 0 Å². The summed E-state index contributed by atoms with van der Waals surface area (Å²) in [6.45, 7) is 6.12. The third-order valence-corrected chi connectivity index (χ3v) is 4.07. The average molecular weight is 357 g/mol. The smallest absolute Gasteiger partial charge is 0.130 e. The van der Waals surface area contributed by atoms with E-state index in [1.807, 2.05) is 30.6 Å². The lowest BCUT2D eigenvalue weighted by atomic mass is 10.1. The van der Waals surface area contributed by atoms with Crippen molar-refractivity contribution in [3.05, 3.63) is 51.5 Å². The van der Waals surface area contributed by atoms with Gasteiger partial charge in [-0.2, -0.15) is 0 Å². The van der Waals surface area contributed by atoms with Crippen LogP contribution in [0.3, 0.4) is 0 Å². The van der Waals surface area contributed by atoms with Crippen molar-refractivity contribution in [2.75, 3.05) is 6.54 Å². The molecule has 0 aliphatic carbocycles. The lowest BCUT2D eigenvalue weighted by molar-refractivity contribution is 0.543. The summed E-state index contributed by atoms with van der Waals surface area (Å²) in [5, 5.41) is 4.23. The molecule has 1 aromatic carbocycles. The zero-order chi connectivity index (χ0) is 14.5. The molecule has 5 heteroatoms. The maximum absolute atomic E-state index is 6.03. The van der Waals surface area contributed by atoms with E-state index in [0.29, 0.717) is 0 Å². The Kier molecular flexibility index (Phi) is 5.64. The number of aryl methyl sites for hydroxylation is 1. The van der Waals surface area contributed by atoms with Gasteiger partial charge in [0.05, 0.1) is 6.04 Å². The number of benzene rings is 1. The SMILES string of the molecule is CCCn1ccnc1C(NCC)c1ccc(Cl)cc1Br. The van der Waals surface area contributed by atoms with Gasteiger partial charge in [0.2, 0.25) is 0 Å². The van der Waals surface area contributed by atoms with Gasteiger partial charge in [-0.3, -0.25) is 0 Å². The molecule has 1 N–H and O–H groups in total. The molecule has 1 unspecified atom stereocenters. The first-order valence-electron chi connectivity index (χ1n) is 6.86. The summed E-state index contributed by atoms with van der Waals surface area (Å²) >= 11 is 9.64. The quantitative estimate of drug-likeness (QED) is 0.831. The Labute approximate surface area is 133 Å². The van der Waals surface area contributed by atoms with E-state index in [2.05, 4.69) is 44.6 Å². The van der Waals surface area contributed by atoms with Gasteiger partial charge >= 0.3 is 0 Å². The Hall–Kier alpha value is -0.840. The second kappa shape index (κ2) is 7.25. The molecule has 2 rings (SSSR count).